The number of hydrogen-bond donors (Lipinski definition) is 8. The van der Waals surface area contributed by atoms with Gasteiger partial charge < -0.3 is 42.1 Å². The molecule has 1 aliphatic rings. The standard InChI is InChI=1S/C21H21NO.C20H19NO.C17H21NO.C9H11NO/c23-21(19-14-8-3-9-15-19)20(18-12-6-2-7-13-18)22-16-17-10-4-1-5-11-17;22-20(17-12-6-2-7-13-17)19(16-10-4-1-5-11-16)21-18-14-8-3-9-15-18;1-13(2)18-16(14-9-5-3-6-10-14)17(19)15-11-7-4-8-12-15;10-9-7-4-2-1-3-6(7)5-8(9)11/h1-15,20-23H,16H2;1-15,19-22H;3-13,16-19H,1-2H3;1-4,8-9,11H,5,10H2/t20-,21+;19-,20+;16-,17-;8-,9+/m0111/s1. The van der Waals surface area contributed by atoms with E-state index in [1.54, 1.807) is 0 Å². The maximum Gasteiger partial charge on any atom is 0.103 e. The van der Waals surface area contributed by atoms with Gasteiger partial charge >= 0.3 is 0 Å². The summed E-state index contributed by atoms with van der Waals surface area (Å²) in [4.78, 5) is 0. The van der Waals surface area contributed by atoms with E-state index in [2.05, 4.69) is 54.1 Å². The first-order chi connectivity index (χ1) is 36.7. The molecule has 1 aliphatic carbocycles. The van der Waals surface area contributed by atoms with Crippen LogP contribution in [0.2, 0.25) is 0 Å². The molecular formula is C67H72N4O4. The average Bonchev–Trinajstić information content (AvgIpc) is 3.77. The van der Waals surface area contributed by atoms with Crippen LogP contribution in [0.5, 0.6) is 0 Å². The number of nitrogens with one attached hydrogen (secondary N) is 3. The molecule has 0 amide bonds. The number of rotatable bonds is 16. The minimum atomic E-state index is -0.621. The number of benzene rings is 9. The molecule has 8 nitrogen and oxygen atoms in total. The molecule has 8 atom stereocenters. The molecule has 0 aromatic heterocycles. The zero-order chi connectivity index (χ0) is 52.6. The van der Waals surface area contributed by atoms with Crippen LogP contribution in [-0.4, -0.2) is 32.6 Å². The van der Waals surface area contributed by atoms with Gasteiger partial charge in [0.15, 0.2) is 0 Å². The lowest BCUT2D eigenvalue weighted by atomic mass is 9.95. The van der Waals surface area contributed by atoms with Gasteiger partial charge in [-0.3, -0.25) is 0 Å². The first-order valence-electron chi connectivity index (χ1n) is 25.9. The molecule has 10 rings (SSSR count). The summed E-state index contributed by atoms with van der Waals surface area (Å²) in [5.41, 5.74) is 16.2. The third kappa shape index (κ3) is 16.8. The van der Waals surface area contributed by atoms with E-state index in [1.807, 2.05) is 243 Å². The van der Waals surface area contributed by atoms with Gasteiger partial charge in [0.05, 0.1) is 42.5 Å². The fraction of sp³-hybridized carbons (Fsp3) is 0.194. The highest BCUT2D eigenvalue weighted by atomic mass is 16.3. The third-order valence-corrected chi connectivity index (χ3v) is 13.1. The first-order valence-corrected chi connectivity index (χ1v) is 25.9. The van der Waals surface area contributed by atoms with Gasteiger partial charge in [-0.25, -0.2) is 0 Å². The summed E-state index contributed by atoms with van der Waals surface area (Å²) in [5.74, 6) is 0. The van der Waals surface area contributed by atoms with Gasteiger partial charge in [0.25, 0.3) is 0 Å². The molecule has 75 heavy (non-hydrogen) atoms. The Kier molecular flexibility index (Phi) is 21.7. The molecule has 9 N–H and O–H groups in total. The number of hydrogen-bond acceptors (Lipinski definition) is 8. The van der Waals surface area contributed by atoms with Crippen LogP contribution in [0.25, 0.3) is 0 Å². The van der Waals surface area contributed by atoms with Gasteiger partial charge in [-0.15, -0.1) is 0 Å². The van der Waals surface area contributed by atoms with Gasteiger partial charge in [0.2, 0.25) is 0 Å². The highest BCUT2D eigenvalue weighted by Crippen LogP contribution is 2.34. The van der Waals surface area contributed by atoms with E-state index in [0.29, 0.717) is 19.0 Å². The van der Waals surface area contributed by atoms with Crippen molar-refractivity contribution in [2.24, 2.45) is 5.73 Å². The zero-order valence-electron chi connectivity index (χ0n) is 42.9. The second-order valence-corrected chi connectivity index (χ2v) is 18.9. The lowest BCUT2D eigenvalue weighted by molar-refractivity contribution is 0.124. The first kappa shape index (κ1) is 55.3. The van der Waals surface area contributed by atoms with Crippen LogP contribution in [-0.2, 0) is 13.0 Å². The van der Waals surface area contributed by atoms with Crippen molar-refractivity contribution >= 4 is 5.69 Å². The van der Waals surface area contributed by atoms with E-state index in [9.17, 15) is 20.4 Å². The predicted molar refractivity (Wildman–Crippen MR) is 306 cm³/mol. The summed E-state index contributed by atoms with van der Waals surface area (Å²) >= 11 is 0. The Bertz CT molecular complexity index is 2920. The molecular weight excluding hydrogens is 925 g/mol. The molecule has 8 heteroatoms. The summed E-state index contributed by atoms with van der Waals surface area (Å²) in [6.07, 6.45) is -1.44. The maximum atomic E-state index is 10.8. The van der Waals surface area contributed by atoms with Crippen LogP contribution in [0.15, 0.2) is 267 Å². The molecule has 0 fully saturated rings. The van der Waals surface area contributed by atoms with E-state index >= 15 is 0 Å². The minimum absolute atomic E-state index is 0.0939. The molecule has 0 saturated heterocycles. The number of aliphatic hydroxyl groups is 4. The summed E-state index contributed by atoms with van der Waals surface area (Å²) in [5, 5.41) is 52.1. The van der Waals surface area contributed by atoms with Crippen LogP contribution in [0.1, 0.15) is 106 Å². The quantitative estimate of drug-likeness (QED) is 0.0478. The van der Waals surface area contributed by atoms with E-state index < -0.39 is 18.3 Å². The molecule has 0 unspecified atom stereocenters. The van der Waals surface area contributed by atoms with Gasteiger partial charge in [-0.05, 0) is 62.2 Å². The molecule has 384 valence electrons. The predicted octanol–water partition coefficient (Wildman–Crippen LogP) is 12.9. The summed E-state index contributed by atoms with van der Waals surface area (Å²) in [6, 6.07) is 87.4. The Morgan fingerprint density at radius 1 is 0.413 bits per heavy atom. The van der Waals surface area contributed by atoms with Crippen molar-refractivity contribution in [2.45, 2.75) is 81.4 Å². The fourth-order valence-corrected chi connectivity index (χ4v) is 9.14. The monoisotopic (exact) mass is 997 g/mol. The third-order valence-electron chi connectivity index (χ3n) is 13.1. The van der Waals surface area contributed by atoms with Crippen LogP contribution < -0.4 is 21.7 Å². The Morgan fingerprint density at radius 2 is 0.747 bits per heavy atom. The minimum Gasteiger partial charge on any atom is -0.391 e. The molecule has 0 bridgehead atoms. The van der Waals surface area contributed by atoms with E-state index in [1.165, 1.54) is 11.1 Å². The molecule has 0 spiro atoms. The highest BCUT2D eigenvalue weighted by molar-refractivity contribution is 5.46. The van der Waals surface area contributed by atoms with Gasteiger partial charge in [0.1, 0.15) is 6.10 Å². The fourth-order valence-electron chi connectivity index (χ4n) is 9.14. The van der Waals surface area contributed by atoms with Crippen molar-refractivity contribution in [3.63, 3.8) is 0 Å². The van der Waals surface area contributed by atoms with Crippen LogP contribution >= 0.6 is 0 Å². The second-order valence-electron chi connectivity index (χ2n) is 18.9. The smallest absolute Gasteiger partial charge is 0.103 e. The van der Waals surface area contributed by atoms with Crippen molar-refractivity contribution in [3.8, 4) is 0 Å². The topological polar surface area (TPSA) is 143 Å². The Morgan fingerprint density at radius 3 is 1.17 bits per heavy atom. The van der Waals surface area contributed by atoms with Crippen molar-refractivity contribution in [1.29, 1.82) is 0 Å². The Hall–Kier alpha value is -7.50. The van der Waals surface area contributed by atoms with Crippen molar-refractivity contribution in [2.75, 3.05) is 5.32 Å². The molecule has 0 radical (unpaired) electrons. The average molecular weight is 997 g/mol. The number of anilines is 1. The van der Waals surface area contributed by atoms with Gasteiger partial charge in [-0.1, -0.05) is 269 Å². The number of nitrogens with two attached hydrogens (primary N) is 1. The molecule has 9 aromatic rings. The van der Waals surface area contributed by atoms with Crippen molar-refractivity contribution < 1.29 is 20.4 Å². The number of para-hydroxylation sites is 1. The normalized spacial score (nSPS) is 15.8. The summed E-state index contributed by atoms with van der Waals surface area (Å²) in [6.45, 7) is 4.89. The van der Waals surface area contributed by atoms with Crippen LogP contribution in [0.3, 0.4) is 0 Å². The lowest BCUT2D eigenvalue weighted by Crippen LogP contribution is -2.32. The van der Waals surface area contributed by atoms with E-state index in [0.717, 1.165) is 44.6 Å². The van der Waals surface area contributed by atoms with Gasteiger partial charge in [0, 0.05) is 24.7 Å². The highest BCUT2D eigenvalue weighted by Gasteiger charge is 2.27. The van der Waals surface area contributed by atoms with Crippen LogP contribution in [0, 0.1) is 0 Å². The molecule has 9 aromatic carbocycles. The zero-order valence-corrected chi connectivity index (χ0v) is 42.9. The SMILES string of the molecule is CC(C)N[C@H](c1ccccc1)[C@H](O)c1ccccc1.N[C@H]1c2ccccc2C[C@H]1O.O[C@@H](c1ccccc1)[C@H](Nc1ccccc1)c1ccccc1.O[C@H](c1ccccc1)[C@@H](NCc1ccccc1)c1ccccc1. The summed E-state index contributed by atoms with van der Waals surface area (Å²) < 4.78 is 0. The van der Waals surface area contributed by atoms with E-state index in [-0.39, 0.29) is 30.3 Å². The number of aliphatic hydroxyl groups excluding tert-OH is 4. The van der Waals surface area contributed by atoms with E-state index in [4.69, 9.17) is 5.73 Å². The maximum absolute atomic E-state index is 10.8. The van der Waals surface area contributed by atoms with Gasteiger partial charge in [-0.2, -0.15) is 0 Å². The number of fused-ring (bicyclic) bond motifs is 1. The largest absolute Gasteiger partial charge is 0.391 e. The lowest BCUT2D eigenvalue weighted by Gasteiger charge is -2.27. The molecule has 0 heterocycles. The molecule has 0 aliphatic heterocycles. The Labute approximate surface area is 444 Å². The Balaban J connectivity index is 0.000000150. The van der Waals surface area contributed by atoms with Crippen molar-refractivity contribution in [3.05, 3.63) is 317 Å². The molecule has 0 saturated carbocycles. The van der Waals surface area contributed by atoms with Crippen molar-refractivity contribution in [1.82, 2.24) is 10.6 Å². The van der Waals surface area contributed by atoms with Crippen LogP contribution in [0.4, 0.5) is 5.69 Å². The second kappa shape index (κ2) is 29.4. The summed E-state index contributed by atoms with van der Waals surface area (Å²) in [7, 11) is 0.